The van der Waals surface area contributed by atoms with Crippen LogP contribution in [-0.2, 0) is 4.74 Å². The number of hydrogen-bond acceptors (Lipinski definition) is 5. The number of ether oxygens (including phenoxy) is 1. The molecule has 0 unspecified atom stereocenters. The van der Waals surface area contributed by atoms with Gasteiger partial charge in [0.05, 0.1) is 12.6 Å². The Morgan fingerprint density at radius 1 is 1.20 bits per heavy atom. The largest absolute Gasteiger partial charge is 0.388 e. The van der Waals surface area contributed by atoms with Crippen LogP contribution in [0.15, 0.2) is 0 Å². The van der Waals surface area contributed by atoms with Crippen molar-refractivity contribution >= 4 is 0 Å². The molecule has 5 N–H and O–H groups in total. The molecule has 5 nitrogen and oxygen atoms in total. The number of nitrogens with two attached hydrogens (primary N) is 1. The van der Waals surface area contributed by atoms with Crippen LogP contribution in [0.3, 0.4) is 0 Å². The zero-order valence-corrected chi connectivity index (χ0v) is 5.34. The van der Waals surface area contributed by atoms with Crippen LogP contribution < -0.4 is 5.73 Å². The van der Waals surface area contributed by atoms with E-state index < -0.39 is 24.5 Å². The van der Waals surface area contributed by atoms with Crippen LogP contribution in [0.2, 0.25) is 0 Å². The molecular formula is C5H11NO4. The Kier molecular flexibility index (Phi) is 2.22. The number of aliphatic hydroxyl groups is 3. The Bertz CT molecular complexity index is 106. The maximum absolute atomic E-state index is 9.00. The van der Waals surface area contributed by atoms with Gasteiger partial charge in [0.25, 0.3) is 0 Å². The van der Waals surface area contributed by atoms with Gasteiger partial charge in [0.1, 0.15) is 12.2 Å². The molecule has 1 saturated heterocycles. The predicted octanol–water partition coefficient (Wildman–Crippen LogP) is -2.62. The van der Waals surface area contributed by atoms with E-state index in [-0.39, 0.29) is 6.61 Å². The molecule has 1 heterocycles. The van der Waals surface area contributed by atoms with Gasteiger partial charge in [-0.15, -0.1) is 0 Å². The first-order valence-corrected chi connectivity index (χ1v) is 3.04. The van der Waals surface area contributed by atoms with Crippen molar-refractivity contribution in [1.29, 1.82) is 0 Å². The minimum Gasteiger partial charge on any atom is -0.388 e. The molecule has 0 saturated carbocycles. The highest BCUT2D eigenvalue weighted by Gasteiger charge is 2.35. The summed E-state index contributed by atoms with van der Waals surface area (Å²) in [5.41, 5.74) is 5.28. The number of rotatable bonds is 0. The topological polar surface area (TPSA) is 95.9 Å². The minimum atomic E-state index is -1.31. The van der Waals surface area contributed by atoms with Gasteiger partial charge in [-0.05, 0) is 0 Å². The molecule has 0 amide bonds. The van der Waals surface area contributed by atoms with E-state index in [9.17, 15) is 0 Å². The predicted molar refractivity (Wildman–Crippen MR) is 31.9 cm³/mol. The second kappa shape index (κ2) is 2.81. The number of hydrogen-bond donors (Lipinski definition) is 4. The molecule has 10 heavy (non-hydrogen) atoms. The van der Waals surface area contributed by atoms with Crippen molar-refractivity contribution in [1.82, 2.24) is 0 Å². The summed E-state index contributed by atoms with van der Waals surface area (Å²) in [6.07, 6.45) is -3.69. The lowest BCUT2D eigenvalue weighted by atomic mass is 10.0. The van der Waals surface area contributed by atoms with E-state index in [1.807, 2.05) is 0 Å². The number of aliphatic hydroxyl groups excluding tert-OH is 3. The lowest BCUT2D eigenvalue weighted by Gasteiger charge is -2.32. The maximum atomic E-state index is 9.00. The van der Waals surface area contributed by atoms with Gasteiger partial charge < -0.3 is 25.8 Å². The van der Waals surface area contributed by atoms with Crippen molar-refractivity contribution in [2.45, 2.75) is 24.5 Å². The van der Waals surface area contributed by atoms with Crippen molar-refractivity contribution in [3.05, 3.63) is 0 Å². The van der Waals surface area contributed by atoms with Gasteiger partial charge in [-0.2, -0.15) is 0 Å². The van der Waals surface area contributed by atoms with E-state index in [1.54, 1.807) is 0 Å². The molecular weight excluding hydrogens is 138 g/mol. The maximum Gasteiger partial charge on any atom is 0.183 e. The fourth-order valence-electron chi connectivity index (χ4n) is 0.829. The van der Waals surface area contributed by atoms with Crippen LogP contribution in [0.1, 0.15) is 0 Å². The summed E-state index contributed by atoms with van der Waals surface area (Å²) in [5.74, 6) is 0. The highest BCUT2D eigenvalue weighted by molar-refractivity contribution is 4.84. The van der Waals surface area contributed by atoms with Gasteiger partial charge in [0.15, 0.2) is 6.29 Å². The van der Waals surface area contributed by atoms with Crippen molar-refractivity contribution in [3.8, 4) is 0 Å². The van der Waals surface area contributed by atoms with Crippen molar-refractivity contribution in [2.24, 2.45) is 5.73 Å². The first kappa shape index (κ1) is 7.90. The fraction of sp³-hybridized carbons (Fsp3) is 1.00. The summed E-state index contributed by atoms with van der Waals surface area (Å²) in [4.78, 5) is 0. The van der Waals surface area contributed by atoms with Crippen molar-refractivity contribution < 1.29 is 20.1 Å². The molecule has 0 aromatic rings. The van der Waals surface area contributed by atoms with Crippen LogP contribution in [0.5, 0.6) is 0 Å². The average Bonchev–Trinajstić information content (AvgIpc) is 1.93. The molecule has 0 aliphatic carbocycles. The highest BCUT2D eigenvalue weighted by atomic mass is 16.6. The van der Waals surface area contributed by atoms with Gasteiger partial charge in [-0.3, -0.25) is 0 Å². The summed E-state index contributed by atoms with van der Waals surface area (Å²) in [6, 6.07) is -0.613. The molecule has 0 aromatic carbocycles. The summed E-state index contributed by atoms with van der Waals surface area (Å²) in [6.45, 7) is 0.0688. The van der Waals surface area contributed by atoms with Crippen LogP contribution in [-0.4, -0.2) is 46.5 Å². The normalized spacial score (nSPS) is 49.2. The van der Waals surface area contributed by atoms with Crippen LogP contribution >= 0.6 is 0 Å². The molecule has 4 atom stereocenters. The minimum absolute atomic E-state index is 0.0688. The Morgan fingerprint density at radius 2 is 1.80 bits per heavy atom. The van der Waals surface area contributed by atoms with Gasteiger partial charge in [0, 0.05) is 0 Å². The molecule has 1 rings (SSSR count). The van der Waals surface area contributed by atoms with E-state index >= 15 is 0 Å². The second-order valence-corrected chi connectivity index (χ2v) is 2.37. The smallest absolute Gasteiger partial charge is 0.183 e. The Balaban J connectivity index is 2.52. The van der Waals surface area contributed by atoms with E-state index in [4.69, 9.17) is 21.1 Å². The third-order valence-corrected chi connectivity index (χ3v) is 1.54. The molecule has 1 aliphatic rings. The van der Waals surface area contributed by atoms with Crippen LogP contribution in [0, 0.1) is 0 Å². The van der Waals surface area contributed by atoms with E-state index in [2.05, 4.69) is 4.74 Å². The third-order valence-electron chi connectivity index (χ3n) is 1.54. The van der Waals surface area contributed by atoms with Gasteiger partial charge >= 0.3 is 0 Å². The molecule has 1 fully saturated rings. The second-order valence-electron chi connectivity index (χ2n) is 2.37. The van der Waals surface area contributed by atoms with Crippen molar-refractivity contribution in [3.63, 3.8) is 0 Å². The van der Waals surface area contributed by atoms with Gasteiger partial charge in [-0.25, -0.2) is 0 Å². The molecule has 60 valence electrons. The van der Waals surface area contributed by atoms with Crippen LogP contribution in [0.4, 0.5) is 0 Å². The van der Waals surface area contributed by atoms with Gasteiger partial charge in [-0.1, -0.05) is 0 Å². The summed E-state index contributed by atoms with van der Waals surface area (Å²) in [5, 5.41) is 26.7. The van der Waals surface area contributed by atoms with Gasteiger partial charge in [0.2, 0.25) is 0 Å². The summed E-state index contributed by atoms with van der Waals surface area (Å²) >= 11 is 0. The lowest BCUT2D eigenvalue weighted by molar-refractivity contribution is -0.225. The molecule has 0 bridgehead atoms. The Morgan fingerprint density at radius 3 is 2.30 bits per heavy atom. The third kappa shape index (κ3) is 1.28. The van der Waals surface area contributed by atoms with E-state index in [0.29, 0.717) is 0 Å². The summed E-state index contributed by atoms with van der Waals surface area (Å²) in [7, 11) is 0. The summed E-state index contributed by atoms with van der Waals surface area (Å²) < 4.78 is 4.59. The van der Waals surface area contributed by atoms with Crippen molar-refractivity contribution in [2.75, 3.05) is 6.61 Å². The zero-order valence-electron chi connectivity index (χ0n) is 5.34. The molecule has 0 spiro atoms. The molecule has 0 radical (unpaired) electrons. The van der Waals surface area contributed by atoms with Crippen LogP contribution in [0.25, 0.3) is 0 Å². The molecule has 5 heteroatoms. The first-order valence-electron chi connectivity index (χ1n) is 3.04. The SMILES string of the molecule is N[C@@H]1CO[C@H](O)[C@@H](O)[C@@H]1O. The average molecular weight is 149 g/mol. The van der Waals surface area contributed by atoms with E-state index in [0.717, 1.165) is 0 Å². The quantitative estimate of drug-likeness (QED) is 0.302. The Hall–Kier alpha value is -0.200. The molecule has 0 aromatic heterocycles. The zero-order chi connectivity index (χ0) is 7.72. The fourth-order valence-corrected chi connectivity index (χ4v) is 0.829. The van der Waals surface area contributed by atoms with E-state index in [1.165, 1.54) is 0 Å². The Labute approximate surface area is 58.0 Å². The standard InChI is InChI=1S/C5H11NO4/c6-2-1-10-5(9)4(8)3(2)7/h2-5,7-9H,1,6H2/t2-,3-,4+,5+/m1/s1. The first-order chi connectivity index (χ1) is 4.63. The lowest BCUT2D eigenvalue weighted by Crippen LogP contribution is -2.56. The molecule has 1 aliphatic heterocycles. The monoisotopic (exact) mass is 149 g/mol. The highest BCUT2D eigenvalue weighted by Crippen LogP contribution is 2.11.